The number of halogens is 1. The van der Waals surface area contributed by atoms with Crippen LogP contribution in [0.3, 0.4) is 0 Å². The first kappa shape index (κ1) is 13.5. The van der Waals surface area contributed by atoms with E-state index in [1.165, 1.54) is 12.1 Å². The van der Waals surface area contributed by atoms with Crippen LogP contribution in [-0.4, -0.2) is 22.4 Å². The Kier molecular flexibility index (Phi) is 3.30. The van der Waals surface area contributed by atoms with E-state index in [1.807, 2.05) is 13.8 Å². The van der Waals surface area contributed by atoms with Gasteiger partial charge in [-0.05, 0) is 30.5 Å². The van der Waals surface area contributed by atoms with Crippen molar-refractivity contribution in [3.8, 4) is 0 Å². The Morgan fingerprint density at radius 2 is 2.05 bits per heavy atom. The second-order valence-electron chi connectivity index (χ2n) is 5.31. The zero-order valence-electron chi connectivity index (χ0n) is 11.2. The van der Waals surface area contributed by atoms with E-state index in [1.54, 1.807) is 19.1 Å². The van der Waals surface area contributed by atoms with Crippen molar-refractivity contribution in [2.75, 3.05) is 0 Å². The first-order chi connectivity index (χ1) is 8.84. The molecule has 5 heteroatoms. The molecule has 102 valence electrons. The monoisotopic (exact) mass is 264 g/mol. The Labute approximate surface area is 111 Å². The Bertz CT molecular complexity index is 530. The van der Waals surface area contributed by atoms with Gasteiger partial charge in [-0.25, -0.2) is 9.18 Å². The third-order valence-corrected chi connectivity index (χ3v) is 3.69. The Balaban J connectivity index is 2.22. The van der Waals surface area contributed by atoms with E-state index in [0.717, 1.165) is 4.90 Å². The lowest BCUT2D eigenvalue weighted by Crippen LogP contribution is -2.48. The SMILES string of the molecule is CC(C)[C@]1(C)NC(=O)N(Cc2cccc(F)c2)C1=O. The van der Waals surface area contributed by atoms with Gasteiger partial charge in [0.2, 0.25) is 0 Å². The van der Waals surface area contributed by atoms with E-state index >= 15 is 0 Å². The molecule has 0 radical (unpaired) electrons. The molecule has 1 N–H and O–H groups in total. The molecule has 1 aromatic rings. The maximum atomic E-state index is 13.1. The van der Waals surface area contributed by atoms with Crippen LogP contribution in [0.2, 0.25) is 0 Å². The van der Waals surface area contributed by atoms with Crippen LogP contribution < -0.4 is 5.32 Å². The van der Waals surface area contributed by atoms with Crippen LogP contribution in [0.5, 0.6) is 0 Å². The molecule has 3 amide bonds. The van der Waals surface area contributed by atoms with Gasteiger partial charge in [0.1, 0.15) is 11.4 Å². The number of amides is 3. The number of nitrogens with zero attached hydrogens (tertiary/aromatic N) is 1. The summed E-state index contributed by atoms with van der Waals surface area (Å²) >= 11 is 0. The van der Waals surface area contributed by atoms with Crippen LogP contribution in [0.1, 0.15) is 26.3 Å². The number of carbonyl (C=O) groups is 2. The molecular formula is C14H17FN2O2. The van der Waals surface area contributed by atoms with Crippen molar-refractivity contribution >= 4 is 11.9 Å². The Morgan fingerprint density at radius 3 is 2.58 bits per heavy atom. The van der Waals surface area contributed by atoms with E-state index in [0.29, 0.717) is 5.56 Å². The molecule has 0 bridgehead atoms. The van der Waals surface area contributed by atoms with E-state index in [-0.39, 0.29) is 24.2 Å². The molecule has 1 heterocycles. The van der Waals surface area contributed by atoms with Crippen molar-refractivity contribution in [3.05, 3.63) is 35.6 Å². The van der Waals surface area contributed by atoms with Crippen molar-refractivity contribution in [2.24, 2.45) is 5.92 Å². The third-order valence-electron chi connectivity index (χ3n) is 3.69. The highest BCUT2D eigenvalue weighted by atomic mass is 19.1. The molecule has 0 saturated carbocycles. The highest BCUT2D eigenvalue weighted by molar-refractivity contribution is 6.06. The molecule has 0 aliphatic carbocycles. The number of urea groups is 1. The molecule has 2 rings (SSSR count). The Morgan fingerprint density at radius 1 is 1.37 bits per heavy atom. The molecule has 0 spiro atoms. The van der Waals surface area contributed by atoms with Crippen LogP contribution >= 0.6 is 0 Å². The van der Waals surface area contributed by atoms with Crippen molar-refractivity contribution < 1.29 is 14.0 Å². The van der Waals surface area contributed by atoms with Gasteiger partial charge in [0.05, 0.1) is 6.54 Å². The highest BCUT2D eigenvalue weighted by Crippen LogP contribution is 2.26. The number of benzene rings is 1. The molecule has 19 heavy (non-hydrogen) atoms. The van der Waals surface area contributed by atoms with Gasteiger partial charge in [-0.15, -0.1) is 0 Å². The standard InChI is InChI=1S/C14H17FN2O2/c1-9(2)14(3)12(18)17(13(19)16-14)8-10-5-4-6-11(15)7-10/h4-7,9H,8H2,1-3H3,(H,16,19)/t14-/m0/s1. The van der Waals surface area contributed by atoms with Crippen LogP contribution in [-0.2, 0) is 11.3 Å². The lowest BCUT2D eigenvalue weighted by Gasteiger charge is -2.25. The quantitative estimate of drug-likeness (QED) is 0.851. The Hall–Kier alpha value is -1.91. The topological polar surface area (TPSA) is 49.4 Å². The van der Waals surface area contributed by atoms with Crippen molar-refractivity contribution in [1.82, 2.24) is 10.2 Å². The second kappa shape index (κ2) is 4.64. The van der Waals surface area contributed by atoms with Gasteiger partial charge in [-0.1, -0.05) is 26.0 Å². The smallest absolute Gasteiger partial charge is 0.323 e. The third kappa shape index (κ3) is 2.32. The fourth-order valence-electron chi connectivity index (χ4n) is 2.07. The molecule has 0 unspecified atom stereocenters. The summed E-state index contributed by atoms with van der Waals surface area (Å²) < 4.78 is 13.1. The minimum atomic E-state index is -0.885. The van der Waals surface area contributed by atoms with Gasteiger partial charge >= 0.3 is 6.03 Å². The number of imide groups is 1. The van der Waals surface area contributed by atoms with E-state index < -0.39 is 11.6 Å². The van der Waals surface area contributed by atoms with Gasteiger partial charge in [-0.3, -0.25) is 9.69 Å². The summed E-state index contributed by atoms with van der Waals surface area (Å²) in [4.78, 5) is 25.3. The number of hydrogen-bond donors (Lipinski definition) is 1. The second-order valence-corrected chi connectivity index (χ2v) is 5.31. The molecule has 1 atom stereocenters. The van der Waals surface area contributed by atoms with Gasteiger partial charge in [0.15, 0.2) is 0 Å². The summed E-state index contributed by atoms with van der Waals surface area (Å²) in [5.74, 6) is -0.658. The molecule has 0 aromatic heterocycles. The summed E-state index contributed by atoms with van der Waals surface area (Å²) in [6.07, 6.45) is 0. The molecule has 1 aliphatic rings. The first-order valence-electron chi connectivity index (χ1n) is 6.23. The fourth-order valence-corrected chi connectivity index (χ4v) is 2.07. The molecule has 1 aliphatic heterocycles. The summed E-state index contributed by atoms with van der Waals surface area (Å²) in [6.45, 7) is 5.56. The van der Waals surface area contributed by atoms with E-state index in [2.05, 4.69) is 5.32 Å². The molecule has 1 fully saturated rings. The van der Waals surface area contributed by atoms with E-state index in [4.69, 9.17) is 0 Å². The number of rotatable bonds is 3. The van der Waals surface area contributed by atoms with Crippen LogP contribution in [0.15, 0.2) is 24.3 Å². The van der Waals surface area contributed by atoms with Gasteiger partial charge in [0, 0.05) is 0 Å². The van der Waals surface area contributed by atoms with Crippen LogP contribution in [0.25, 0.3) is 0 Å². The summed E-state index contributed by atoms with van der Waals surface area (Å²) in [5, 5.41) is 2.71. The number of nitrogens with one attached hydrogen (secondary N) is 1. The van der Waals surface area contributed by atoms with Crippen molar-refractivity contribution in [3.63, 3.8) is 0 Å². The number of hydrogen-bond acceptors (Lipinski definition) is 2. The first-order valence-corrected chi connectivity index (χ1v) is 6.23. The minimum Gasteiger partial charge on any atom is -0.323 e. The van der Waals surface area contributed by atoms with E-state index in [9.17, 15) is 14.0 Å². The predicted octanol–water partition coefficient (Wildman–Crippen LogP) is 2.29. The molecule has 1 saturated heterocycles. The average molecular weight is 264 g/mol. The van der Waals surface area contributed by atoms with Gasteiger partial charge in [0.25, 0.3) is 5.91 Å². The lowest BCUT2D eigenvalue weighted by atomic mass is 9.88. The normalized spacial score (nSPS) is 23.1. The summed E-state index contributed by atoms with van der Waals surface area (Å²) in [5.41, 5.74) is -0.291. The largest absolute Gasteiger partial charge is 0.325 e. The lowest BCUT2D eigenvalue weighted by molar-refractivity contribution is -0.132. The zero-order valence-corrected chi connectivity index (χ0v) is 11.2. The predicted molar refractivity (Wildman–Crippen MR) is 68.7 cm³/mol. The fraction of sp³-hybridized carbons (Fsp3) is 0.429. The maximum absolute atomic E-state index is 13.1. The van der Waals surface area contributed by atoms with Crippen molar-refractivity contribution in [2.45, 2.75) is 32.9 Å². The zero-order chi connectivity index (χ0) is 14.2. The molecular weight excluding hydrogens is 247 g/mol. The van der Waals surface area contributed by atoms with Crippen LogP contribution in [0, 0.1) is 11.7 Å². The van der Waals surface area contributed by atoms with Crippen LogP contribution in [0.4, 0.5) is 9.18 Å². The molecule has 4 nitrogen and oxygen atoms in total. The average Bonchev–Trinajstić information content (AvgIpc) is 2.54. The summed E-state index contributed by atoms with van der Waals surface area (Å²) in [6, 6.07) is 5.48. The summed E-state index contributed by atoms with van der Waals surface area (Å²) in [7, 11) is 0. The van der Waals surface area contributed by atoms with Gasteiger partial charge in [-0.2, -0.15) is 0 Å². The minimum absolute atomic E-state index is 0.0125. The molecule has 1 aromatic carbocycles. The number of carbonyl (C=O) groups excluding carboxylic acids is 2. The van der Waals surface area contributed by atoms with Gasteiger partial charge < -0.3 is 5.32 Å². The van der Waals surface area contributed by atoms with Crippen molar-refractivity contribution in [1.29, 1.82) is 0 Å². The highest BCUT2D eigenvalue weighted by Gasteiger charge is 2.49. The maximum Gasteiger partial charge on any atom is 0.325 e.